The zero-order valence-corrected chi connectivity index (χ0v) is 18.2. The summed E-state index contributed by atoms with van der Waals surface area (Å²) in [5, 5.41) is 2.75. The standard InChI is InChI=1S/C27H23N3O3/c1-18-4-6-19(7-5-18)17-30-11-2-3-24(27(30)32)29-26(31)23-14-22(15-28-16-23)20-8-9-25-21(13-20)10-12-33-25/h2-9,11,13-16H,10,12,17H2,1H3,(H,29,31). The van der Waals surface area contributed by atoms with Gasteiger partial charge in [0.1, 0.15) is 11.4 Å². The van der Waals surface area contributed by atoms with Crippen LogP contribution in [0.15, 0.2) is 84.0 Å². The van der Waals surface area contributed by atoms with E-state index in [4.69, 9.17) is 4.74 Å². The number of nitrogens with zero attached hydrogens (tertiary/aromatic N) is 2. The number of aryl methyl sites for hydroxylation is 1. The van der Waals surface area contributed by atoms with Crippen LogP contribution in [-0.2, 0) is 13.0 Å². The monoisotopic (exact) mass is 437 g/mol. The average molecular weight is 437 g/mol. The van der Waals surface area contributed by atoms with E-state index in [1.807, 2.05) is 43.3 Å². The van der Waals surface area contributed by atoms with Crippen LogP contribution in [0.4, 0.5) is 5.69 Å². The number of aromatic nitrogens is 2. The minimum absolute atomic E-state index is 0.231. The van der Waals surface area contributed by atoms with Gasteiger partial charge in [-0.25, -0.2) is 0 Å². The van der Waals surface area contributed by atoms with Gasteiger partial charge in [0.2, 0.25) is 0 Å². The van der Waals surface area contributed by atoms with Crippen LogP contribution >= 0.6 is 0 Å². The Balaban J connectivity index is 1.36. The van der Waals surface area contributed by atoms with Crippen molar-refractivity contribution in [2.75, 3.05) is 11.9 Å². The Hall–Kier alpha value is -4.19. The summed E-state index contributed by atoms with van der Waals surface area (Å²) in [7, 11) is 0. The van der Waals surface area contributed by atoms with Crippen LogP contribution < -0.4 is 15.6 Å². The molecule has 33 heavy (non-hydrogen) atoms. The second kappa shape index (κ2) is 8.74. The fourth-order valence-electron chi connectivity index (χ4n) is 3.93. The molecule has 0 fully saturated rings. The lowest BCUT2D eigenvalue weighted by Gasteiger charge is -2.10. The molecule has 0 unspecified atom stereocenters. The number of carbonyl (C=O) groups excluding carboxylic acids is 1. The van der Waals surface area contributed by atoms with E-state index < -0.39 is 0 Å². The van der Waals surface area contributed by atoms with Crippen molar-refractivity contribution < 1.29 is 9.53 Å². The topological polar surface area (TPSA) is 73.2 Å². The highest BCUT2D eigenvalue weighted by atomic mass is 16.5. The summed E-state index contributed by atoms with van der Waals surface area (Å²) in [6, 6.07) is 19.2. The van der Waals surface area contributed by atoms with Gasteiger partial charge in [0.25, 0.3) is 11.5 Å². The third-order valence-corrected chi connectivity index (χ3v) is 5.77. The summed E-state index contributed by atoms with van der Waals surface area (Å²) < 4.78 is 7.15. The maximum absolute atomic E-state index is 12.9. The molecule has 1 amide bonds. The van der Waals surface area contributed by atoms with Gasteiger partial charge in [-0.15, -0.1) is 0 Å². The normalized spacial score (nSPS) is 12.2. The van der Waals surface area contributed by atoms with Crippen LogP contribution in [0.2, 0.25) is 0 Å². The highest BCUT2D eigenvalue weighted by molar-refractivity contribution is 6.04. The summed E-state index contributed by atoms with van der Waals surface area (Å²) in [4.78, 5) is 30.1. The first-order valence-electron chi connectivity index (χ1n) is 10.8. The molecule has 0 bridgehead atoms. The van der Waals surface area contributed by atoms with Crippen molar-refractivity contribution in [2.45, 2.75) is 19.9 Å². The minimum atomic E-state index is -0.376. The number of amides is 1. The third kappa shape index (κ3) is 4.41. The van der Waals surface area contributed by atoms with Crippen molar-refractivity contribution in [1.82, 2.24) is 9.55 Å². The molecule has 6 heteroatoms. The van der Waals surface area contributed by atoms with Crippen LogP contribution in [-0.4, -0.2) is 22.1 Å². The van der Waals surface area contributed by atoms with Gasteiger partial charge in [0, 0.05) is 30.6 Å². The quantitative estimate of drug-likeness (QED) is 0.501. The molecule has 5 rings (SSSR count). The van der Waals surface area contributed by atoms with E-state index in [2.05, 4.69) is 16.4 Å². The van der Waals surface area contributed by atoms with Gasteiger partial charge in [0.05, 0.1) is 18.7 Å². The lowest BCUT2D eigenvalue weighted by molar-refractivity contribution is 0.102. The van der Waals surface area contributed by atoms with Crippen molar-refractivity contribution in [1.29, 1.82) is 0 Å². The van der Waals surface area contributed by atoms with Crippen molar-refractivity contribution >= 4 is 11.6 Å². The first-order chi connectivity index (χ1) is 16.1. The number of fused-ring (bicyclic) bond motifs is 1. The zero-order chi connectivity index (χ0) is 22.8. The average Bonchev–Trinajstić information content (AvgIpc) is 3.31. The number of rotatable bonds is 5. The number of nitrogens with one attached hydrogen (secondary N) is 1. The van der Waals surface area contributed by atoms with E-state index in [9.17, 15) is 9.59 Å². The second-order valence-electron chi connectivity index (χ2n) is 8.18. The highest BCUT2D eigenvalue weighted by Crippen LogP contribution is 2.30. The van der Waals surface area contributed by atoms with Crippen molar-refractivity contribution in [2.24, 2.45) is 0 Å². The van der Waals surface area contributed by atoms with E-state index in [1.54, 1.807) is 35.2 Å². The predicted molar refractivity (Wildman–Crippen MR) is 128 cm³/mol. The molecule has 0 spiro atoms. The number of benzene rings is 2. The molecular formula is C27H23N3O3. The fraction of sp³-hybridized carbons (Fsp3) is 0.148. The molecule has 1 aliphatic rings. The maximum atomic E-state index is 12.9. The summed E-state index contributed by atoms with van der Waals surface area (Å²) >= 11 is 0. The van der Waals surface area contributed by atoms with Gasteiger partial charge < -0.3 is 14.6 Å². The Morgan fingerprint density at radius 3 is 2.76 bits per heavy atom. The Kier molecular flexibility index (Phi) is 5.48. The number of anilines is 1. The molecule has 0 saturated carbocycles. The fourth-order valence-corrected chi connectivity index (χ4v) is 3.93. The van der Waals surface area contributed by atoms with Crippen LogP contribution in [0.1, 0.15) is 27.0 Å². The smallest absolute Gasteiger partial charge is 0.274 e. The number of hydrogen-bond acceptors (Lipinski definition) is 4. The Labute approximate surface area is 191 Å². The minimum Gasteiger partial charge on any atom is -0.493 e. The Morgan fingerprint density at radius 2 is 1.91 bits per heavy atom. The van der Waals surface area contributed by atoms with Gasteiger partial charge in [0.15, 0.2) is 0 Å². The van der Waals surface area contributed by atoms with E-state index >= 15 is 0 Å². The number of hydrogen-bond donors (Lipinski definition) is 1. The van der Waals surface area contributed by atoms with Gasteiger partial charge in [-0.3, -0.25) is 14.6 Å². The zero-order valence-electron chi connectivity index (χ0n) is 18.2. The van der Waals surface area contributed by atoms with Crippen LogP contribution in [0.25, 0.3) is 11.1 Å². The molecule has 2 aromatic carbocycles. The van der Waals surface area contributed by atoms with Crippen molar-refractivity contribution in [3.05, 3.63) is 112 Å². The van der Waals surface area contributed by atoms with Crippen LogP contribution in [0, 0.1) is 6.92 Å². The summed E-state index contributed by atoms with van der Waals surface area (Å²) in [5.74, 6) is 0.533. The molecule has 6 nitrogen and oxygen atoms in total. The molecule has 3 heterocycles. The first-order valence-corrected chi connectivity index (χ1v) is 10.8. The summed E-state index contributed by atoms with van der Waals surface area (Å²) in [6.45, 7) is 3.15. The maximum Gasteiger partial charge on any atom is 0.274 e. The van der Waals surface area contributed by atoms with Crippen LogP contribution in [0.5, 0.6) is 5.75 Å². The molecule has 2 aromatic heterocycles. The molecule has 4 aromatic rings. The van der Waals surface area contributed by atoms with Gasteiger partial charge in [-0.2, -0.15) is 0 Å². The SMILES string of the molecule is Cc1ccc(Cn2cccc(NC(=O)c3cncc(-c4ccc5c(c4)CCO5)c3)c2=O)cc1. The molecular weight excluding hydrogens is 414 g/mol. The largest absolute Gasteiger partial charge is 0.493 e. The Bertz CT molecular complexity index is 1390. The van der Waals surface area contributed by atoms with Gasteiger partial charge in [-0.1, -0.05) is 35.9 Å². The molecule has 1 N–H and O–H groups in total. The molecule has 0 aliphatic carbocycles. The molecule has 0 saturated heterocycles. The number of carbonyl (C=O) groups is 1. The van der Waals surface area contributed by atoms with E-state index in [1.165, 1.54) is 6.20 Å². The summed E-state index contributed by atoms with van der Waals surface area (Å²) in [6.07, 6.45) is 5.83. The van der Waals surface area contributed by atoms with Crippen molar-refractivity contribution in [3.63, 3.8) is 0 Å². The van der Waals surface area contributed by atoms with Gasteiger partial charge >= 0.3 is 0 Å². The lowest BCUT2D eigenvalue weighted by atomic mass is 10.0. The lowest BCUT2D eigenvalue weighted by Crippen LogP contribution is -2.25. The van der Waals surface area contributed by atoms with Crippen LogP contribution in [0.3, 0.4) is 0 Å². The van der Waals surface area contributed by atoms with E-state index in [0.717, 1.165) is 40.0 Å². The van der Waals surface area contributed by atoms with Gasteiger partial charge in [-0.05, 0) is 53.9 Å². The number of pyridine rings is 2. The Morgan fingerprint density at radius 1 is 1.06 bits per heavy atom. The van der Waals surface area contributed by atoms with E-state index in [0.29, 0.717) is 18.7 Å². The highest BCUT2D eigenvalue weighted by Gasteiger charge is 2.15. The number of ether oxygens (including phenoxy) is 1. The molecule has 1 aliphatic heterocycles. The first kappa shape index (κ1) is 20.7. The second-order valence-corrected chi connectivity index (χ2v) is 8.18. The molecule has 0 atom stereocenters. The van der Waals surface area contributed by atoms with E-state index in [-0.39, 0.29) is 17.2 Å². The molecule has 164 valence electrons. The predicted octanol–water partition coefficient (Wildman–Crippen LogP) is 4.45. The summed E-state index contributed by atoms with van der Waals surface area (Å²) in [5.41, 5.74) is 5.50. The van der Waals surface area contributed by atoms with Crippen molar-refractivity contribution in [3.8, 4) is 16.9 Å². The third-order valence-electron chi connectivity index (χ3n) is 5.77. The molecule has 0 radical (unpaired) electrons.